The van der Waals surface area contributed by atoms with Crippen molar-refractivity contribution >= 4 is 23.3 Å². The third-order valence-corrected chi connectivity index (χ3v) is 2.95. The van der Waals surface area contributed by atoms with Gasteiger partial charge in [-0.25, -0.2) is 4.79 Å². The largest absolute Gasteiger partial charge is 0.491 e. The number of benzene rings is 1. The van der Waals surface area contributed by atoms with Crippen molar-refractivity contribution in [2.75, 3.05) is 31.7 Å². The highest BCUT2D eigenvalue weighted by molar-refractivity contribution is 6.31. The fraction of sp³-hybridized carbons (Fsp3) is 0.462. The van der Waals surface area contributed by atoms with E-state index < -0.39 is 0 Å². The summed E-state index contributed by atoms with van der Waals surface area (Å²) < 4.78 is 10.6. The average molecular weight is 285 g/mol. The molecule has 0 saturated carbocycles. The molecule has 1 aliphatic heterocycles. The van der Waals surface area contributed by atoms with Gasteiger partial charge in [-0.1, -0.05) is 11.6 Å². The SMILES string of the molecule is CCOCCNC(=O)Nc1cc(Cl)cc2c1OCC2. The van der Waals surface area contributed by atoms with Gasteiger partial charge in [0.25, 0.3) is 0 Å². The van der Waals surface area contributed by atoms with E-state index in [4.69, 9.17) is 21.1 Å². The van der Waals surface area contributed by atoms with Gasteiger partial charge in [-0.3, -0.25) is 0 Å². The third kappa shape index (κ3) is 3.75. The van der Waals surface area contributed by atoms with Gasteiger partial charge in [-0.05, 0) is 19.1 Å². The Labute approximate surface area is 117 Å². The van der Waals surface area contributed by atoms with Crippen LogP contribution in [0.5, 0.6) is 5.75 Å². The van der Waals surface area contributed by atoms with Gasteiger partial charge < -0.3 is 20.1 Å². The lowest BCUT2D eigenvalue weighted by atomic mass is 10.1. The van der Waals surface area contributed by atoms with Gasteiger partial charge in [0, 0.05) is 30.2 Å². The number of hydrogen-bond donors (Lipinski definition) is 2. The van der Waals surface area contributed by atoms with Crippen LogP contribution in [0.3, 0.4) is 0 Å². The van der Waals surface area contributed by atoms with E-state index >= 15 is 0 Å². The van der Waals surface area contributed by atoms with E-state index in [2.05, 4.69) is 10.6 Å². The maximum absolute atomic E-state index is 11.7. The molecule has 1 aromatic carbocycles. The monoisotopic (exact) mass is 284 g/mol. The Hall–Kier alpha value is -1.46. The minimum Gasteiger partial charge on any atom is -0.491 e. The summed E-state index contributed by atoms with van der Waals surface area (Å²) in [5, 5.41) is 6.04. The van der Waals surface area contributed by atoms with Gasteiger partial charge in [0.1, 0.15) is 5.75 Å². The Balaban J connectivity index is 1.94. The van der Waals surface area contributed by atoms with E-state index in [0.717, 1.165) is 12.0 Å². The van der Waals surface area contributed by atoms with Crippen LogP contribution in [0, 0.1) is 0 Å². The van der Waals surface area contributed by atoms with E-state index in [0.29, 0.717) is 42.8 Å². The van der Waals surface area contributed by atoms with Crippen molar-refractivity contribution in [3.05, 3.63) is 22.7 Å². The number of fused-ring (bicyclic) bond motifs is 1. The van der Waals surface area contributed by atoms with Gasteiger partial charge in [0.15, 0.2) is 0 Å². The average Bonchev–Trinajstić information content (AvgIpc) is 2.82. The molecule has 1 heterocycles. The second kappa shape index (κ2) is 6.63. The lowest BCUT2D eigenvalue weighted by Crippen LogP contribution is -2.31. The maximum atomic E-state index is 11.7. The Morgan fingerprint density at radius 2 is 2.37 bits per heavy atom. The first kappa shape index (κ1) is 14.0. The summed E-state index contributed by atoms with van der Waals surface area (Å²) in [5.41, 5.74) is 1.63. The highest BCUT2D eigenvalue weighted by atomic mass is 35.5. The Kier molecular flexibility index (Phi) is 4.87. The van der Waals surface area contributed by atoms with Crippen LogP contribution in [0.4, 0.5) is 10.5 Å². The predicted molar refractivity (Wildman–Crippen MR) is 74.2 cm³/mol. The molecule has 6 heteroatoms. The molecule has 0 aromatic heterocycles. The smallest absolute Gasteiger partial charge is 0.319 e. The molecule has 0 saturated heterocycles. The summed E-state index contributed by atoms with van der Waals surface area (Å²) in [7, 11) is 0. The van der Waals surface area contributed by atoms with Gasteiger partial charge in [-0.15, -0.1) is 0 Å². The Morgan fingerprint density at radius 1 is 1.53 bits per heavy atom. The van der Waals surface area contributed by atoms with Crippen molar-refractivity contribution in [3.8, 4) is 5.75 Å². The van der Waals surface area contributed by atoms with Crippen LogP contribution in [0.25, 0.3) is 0 Å². The number of carbonyl (C=O) groups is 1. The molecular weight excluding hydrogens is 268 g/mol. The number of nitrogens with one attached hydrogen (secondary N) is 2. The second-order valence-corrected chi connectivity index (χ2v) is 4.55. The summed E-state index contributed by atoms with van der Waals surface area (Å²) in [6, 6.07) is 3.26. The van der Waals surface area contributed by atoms with Crippen molar-refractivity contribution in [1.29, 1.82) is 0 Å². The van der Waals surface area contributed by atoms with Crippen LogP contribution in [0.2, 0.25) is 5.02 Å². The summed E-state index contributed by atoms with van der Waals surface area (Å²) in [4.78, 5) is 11.7. The molecule has 0 aliphatic carbocycles. The molecule has 104 valence electrons. The van der Waals surface area contributed by atoms with Crippen LogP contribution >= 0.6 is 11.6 Å². The molecule has 1 aliphatic rings. The van der Waals surface area contributed by atoms with Crippen molar-refractivity contribution in [1.82, 2.24) is 5.32 Å². The van der Waals surface area contributed by atoms with E-state index in [1.807, 2.05) is 13.0 Å². The third-order valence-electron chi connectivity index (χ3n) is 2.73. The molecule has 0 bridgehead atoms. The van der Waals surface area contributed by atoms with E-state index in [-0.39, 0.29) is 6.03 Å². The van der Waals surface area contributed by atoms with Crippen LogP contribution in [0.1, 0.15) is 12.5 Å². The first-order chi connectivity index (χ1) is 9.20. The summed E-state index contributed by atoms with van der Waals surface area (Å²) in [5.74, 6) is 0.712. The van der Waals surface area contributed by atoms with Crippen molar-refractivity contribution in [3.63, 3.8) is 0 Å². The number of hydrogen-bond acceptors (Lipinski definition) is 3. The number of rotatable bonds is 5. The summed E-state index contributed by atoms with van der Waals surface area (Å²) in [6.07, 6.45) is 0.816. The first-order valence-electron chi connectivity index (χ1n) is 6.28. The zero-order valence-electron chi connectivity index (χ0n) is 10.8. The number of urea groups is 1. The molecule has 2 rings (SSSR count). The lowest BCUT2D eigenvalue weighted by Gasteiger charge is -2.11. The standard InChI is InChI=1S/C13H17ClN2O3/c1-2-18-6-4-15-13(17)16-11-8-10(14)7-9-3-5-19-12(9)11/h7-8H,2-6H2,1H3,(H2,15,16,17). The van der Waals surface area contributed by atoms with E-state index in [1.54, 1.807) is 6.07 Å². The fourth-order valence-electron chi connectivity index (χ4n) is 1.91. The lowest BCUT2D eigenvalue weighted by molar-refractivity contribution is 0.150. The van der Waals surface area contributed by atoms with Gasteiger partial charge in [-0.2, -0.15) is 0 Å². The highest BCUT2D eigenvalue weighted by Gasteiger charge is 2.18. The normalized spacial score (nSPS) is 12.7. The van der Waals surface area contributed by atoms with Gasteiger partial charge in [0.05, 0.1) is 18.9 Å². The van der Waals surface area contributed by atoms with Crippen LogP contribution < -0.4 is 15.4 Å². The molecule has 0 spiro atoms. The molecule has 0 atom stereocenters. The van der Waals surface area contributed by atoms with Crippen molar-refractivity contribution in [2.24, 2.45) is 0 Å². The highest BCUT2D eigenvalue weighted by Crippen LogP contribution is 2.36. The fourth-order valence-corrected chi connectivity index (χ4v) is 2.15. The molecule has 5 nitrogen and oxygen atoms in total. The minimum atomic E-state index is -0.292. The quantitative estimate of drug-likeness (QED) is 0.817. The summed E-state index contributed by atoms with van der Waals surface area (Å²) >= 11 is 6.01. The van der Waals surface area contributed by atoms with Crippen LogP contribution in [0.15, 0.2) is 12.1 Å². The molecule has 19 heavy (non-hydrogen) atoms. The molecule has 1 aromatic rings. The minimum absolute atomic E-state index is 0.292. The number of ether oxygens (including phenoxy) is 2. The zero-order valence-corrected chi connectivity index (χ0v) is 11.5. The predicted octanol–water partition coefficient (Wildman–Crippen LogP) is 2.43. The Morgan fingerprint density at radius 3 is 3.16 bits per heavy atom. The molecule has 2 N–H and O–H groups in total. The summed E-state index contributed by atoms with van der Waals surface area (Å²) in [6.45, 7) is 4.12. The molecule has 2 amide bonds. The zero-order chi connectivity index (χ0) is 13.7. The van der Waals surface area contributed by atoms with Gasteiger partial charge >= 0.3 is 6.03 Å². The Bertz CT molecular complexity index is 465. The van der Waals surface area contributed by atoms with Crippen LogP contribution in [-0.4, -0.2) is 32.4 Å². The second-order valence-electron chi connectivity index (χ2n) is 4.12. The molecule has 0 radical (unpaired) electrons. The van der Waals surface area contributed by atoms with E-state index in [1.165, 1.54) is 0 Å². The number of anilines is 1. The maximum Gasteiger partial charge on any atom is 0.319 e. The number of amides is 2. The number of carbonyl (C=O) groups excluding carboxylic acids is 1. The molecule has 0 unspecified atom stereocenters. The van der Waals surface area contributed by atoms with Crippen molar-refractivity contribution in [2.45, 2.75) is 13.3 Å². The van der Waals surface area contributed by atoms with E-state index in [9.17, 15) is 4.79 Å². The molecule has 0 fully saturated rings. The first-order valence-corrected chi connectivity index (χ1v) is 6.66. The van der Waals surface area contributed by atoms with Crippen molar-refractivity contribution < 1.29 is 14.3 Å². The number of halogens is 1. The topological polar surface area (TPSA) is 59.6 Å². The molecular formula is C13H17ClN2O3. The van der Waals surface area contributed by atoms with Crippen LogP contribution in [-0.2, 0) is 11.2 Å². The van der Waals surface area contributed by atoms with Gasteiger partial charge in [0.2, 0.25) is 0 Å².